The van der Waals surface area contributed by atoms with Gasteiger partial charge >= 0.3 is 0 Å². The van der Waals surface area contributed by atoms with E-state index in [-0.39, 0.29) is 5.41 Å². The quantitative estimate of drug-likeness (QED) is 0.240. The molecule has 1 heterocycles. The van der Waals surface area contributed by atoms with E-state index in [4.69, 9.17) is 0 Å². The Morgan fingerprint density at radius 3 is 2.14 bits per heavy atom. The molecule has 1 aromatic heterocycles. The molecule has 8 rings (SSSR count). The van der Waals surface area contributed by atoms with E-state index in [0.717, 1.165) is 6.54 Å². The number of nitrogens with zero attached hydrogens (tertiary/aromatic N) is 1. The number of benzene rings is 5. The van der Waals surface area contributed by atoms with E-state index < -0.39 is 0 Å². The molecule has 0 saturated heterocycles. The fraction of sp³-hybridized carbons (Fsp3) is 0.118. The average Bonchev–Trinajstić information content (AvgIpc) is 3.52. The Morgan fingerprint density at radius 2 is 1.31 bits per heavy atom. The van der Waals surface area contributed by atoms with E-state index in [0.29, 0.717) is 0 Å². The topological polar surface area (TPSA) is 3.24 Å². The molecule has 172 valence electrons. The second kappa shape index (κ2) is 7.16. The molecule has 0 aliphatic heterocycles. The van der Waals surface area contributed by atoms with Crippen LogP contribution in [-0.2, 0) is 12.0 Å². The smallest absolute Gasteiger partial charge is 0.0729 e. The normalized spacial score (nSPS) is 17.1. The van der Waals surface area contributed by atoms with Crippen LogP contribution in [0, 0.1) is 0 Å². The molecule has 0 amide bonds. The van der Waals surface area contributed by atoms with Gasteiger partial charge in [0.05, 0.1) is 5.41 Å². The van der Waals surface area contributed by atoms with Gasteiger partial charge < -0.3 is 4.90 Å². The lowest BCUT2D eigenvalue weighted by molar-refractivity contribution is 0.400. The highest BCUT2D eigenvalue weighted by Crippen LogP contribution is 2.65. The van der Waals surface area contributed by atoms with Crippen molar-refractivity contribution in [2.24, 2.45) is 0 Å². The monoisotopic (exact) mass is 479 g/mol. The van der Waals surface area contributed by atoms with E-state index >= 15 is 0 Å². The molecule has 2 aliphatic carbocycles. The lowest BCUT2D eigenvalue weighted by atomic mass is 9.69. The van der Waals surface area contributed by atoms with Crippen LogP contribution in [-0.4, -0.2) is 19.0 Å². The minimum Gasteiger partial charge on any atom is -0.305 e. The van der Waals surface area contributed by atoms with Crippen molar-refractivity contribution in [3.05, 3.63) is 131 Å². The van der Waals surface area contributed by atoms with Gasteiger partial charge in [-0.05, 0) is 64.7 Å². The van der Waals surface area contributed by atoms with E-state index in [1.165, 1.54) is 70.2 Å². The zero-order chi connectivity index (χ0) is 24.0. The Hall–Kier alpha value is -3.72. The summed E-state index contributed by atoms with van der Waals surface area (Å²) >= 11 is 1.94. The largest absolute Gasteiger partial charge is 0.305 e. The minimum atomic E-state index is -0.297. The molecule has 1 atom stereocenters. The van der Waals surface area contributed by atoms with Gasteiger partial charge in [-0.15, -0.1) is 11.3 Å². The Balaban J connectivity index is 1.59. The van der Waals surface area contributed by atoms with Crippen LogP contribution in [0.3, 0.4) is 0 Å². The van der Waals surface area contributed by atoms with Crippen molar-refractivity contribution in [3.63, 3.8) is 0 Å². The van der Waals surface area contributed by atoms with Gasteiger partial charge in [0, 0.05) is 32.3 Å². The molecule has 1 nitrogen and oxygen atoms in total. The Kier molecular flexibility index (Phi) is 4.07. The summed E-state index contributed by atoms with van der Waals surface area (Å²) in [6.45, 7) is 0.918. The first-order valence-electron chi connectivity index (χ1n) is 12.6. The van der Waals surface area contributed by atoms with Crippen molar-refractivity contribution < 1.29 is 0 Å². The lowest BCUT2D eigenvalue weighted by Crippen LogP contribution is -2.28. The van der Waals surface area contributed by atoms with Crippen LogP contribution >= 0.6 is 11.3 Å². The maximum absolute atomic E-state index is 2.44. The first-order chi connectivity index (χ1) is 17.7. The van der Waals surface area contributed by atoms with Crippen LogP contribution < -0.4 is 0 Å². The highest BCUT2D eigenvalue weighted by molar-refractivity contribution is 7.26. The van der Waals surface area contributed by atoms with Crippen LogP contribution in [0.15, 0.2) is 103 Å². The molecule has 0 N–H and O–H groups in total. The first-order valence-corrected chi connectivity index (χ1v) is 13.4. The molecule has 2 aliphatic rings. The minimum absolute atomic E-state index is 0.297. The zero-order valence-corrected chi connectivity index (χ0v) is 21.2. The van der Waals surface area contributed by atoms with Crippen molar-refractivity contribution in [3.8, 4) is 22.3 Å². The maximum Gasteiger partial charge on any atom is 0.0729 e. The van der Waals surface area contributed by atoms with E-state index in [1.54, 1.807) is 0 Å². The van der Waals surface area contributed by atoms with Gasteiger partial charge in [0.1, 0.15) is 0 Å². The van der Waals surface area contributed by atoms with Crippen molar-refractivity contribution in [2.75, 3.05) is 14.1 Å². The fourth-order valence-electron chi connectivity index (χ4n) is 7.02. The number of hydrogen-bond donors (Lipinski definition) is 0. The Morgan fingerprint density at radius 1 is 0.611 bits per heavy atom. The van der Waals surface area contributed by atoms with Gasteiger partial charge in [-0.2, -0.15) is 0 Å². The molecule has 1 spiro atoms. The van der Waals surface area contributed by atoms with Crippen LogP contribution in [0.2, 0.25) is 0 Å². The third kappa shape index (κ3) is 2.39. The summed E-state index contributed by atoms with van der Waals surface area (Å²) in [5.41, 5.74) is 12.4. The number of hydrogen-bond acceptors (Lipinski definition) is 2. The van der Waals surface area contributed by atoms with Crippen molar-refractivity contribution in [1.82, 2.24) is 4.90 Å². The summed E-state index contributed by atoms with van der Waals surface area (Å²) in [4.78, 5) is 2.29. The Bertz CT molecular complexity index is 1860. The van der Waals surface area contributed by atoms with Crippen molar-refractivity contribution >= 4 is 31.5 Å². The molecule has 2 heteroatoms. The summed E-state index contributed by atoms with van der Waals surface area (Å²) in [5.74, 6) is 0. The number of thiophene rings is 1. The van der Waals surface area contributed by atoms with Crippen LogP contribution in [0.1, 0.15) is 27.8 Å². The summed E-state index contributed by atoms with van der Waals surface area (Å²) in [7, 11) is 4.34. The van der Waals surface area contributed by atoms with E-state index in [2.05, 4.69) is 122 Å². The third-order valence-electron chi connectivity index (χ3n) is 8.18. The standard InChI is InChI=1S/C34H25NS/c1-35(2)20-21-10-9-14-24-22-11-3-6-15-27(22)34(32(21)24)28-16-7-4-13-26(28)31-29(34)19-18-25-23-12-5-8-17-30(23)36-33(25)31/h3-19H,20H2,1-2H3. The average molecular weight is 480 g/mol. The molecule has 36 heavy (non-hydrogen) atoms. The van der Waals surface area contributed by atoms with Gasteiger partial charge in [-0.25, -0.2) is 0 Å². The second-order valence-corrected chi connectivity index (χ2v) is 11.4. The SMILES string of the molecule is CN(C)Cc1cccc2c1C1(c3ccccc3-2)c2ccccc2-c2c1ccc1c2sc2ccccc21. The lowest BCUT2D eigenvalue weighted by Gasteiger charge is -2.32. The molecule has 0 bridgehead atoms. The molecule has 0 radical (unpaired) electrons. The predicted octanol–water partition coefficient (Wildman–Crippen LogP) is 8.46. The number of fused-ring (bicyclic) bond motifs is 14. The summed E-state index contributed by atoms with van der Waals surface area (Å²) in [6.07, 6.45) is 0. The summed E-state index contributed by atoms with van der Waals surface area (Å²) in [5, 5.41) is 2.73. The van der Waals surface area contributed by atoms with Gasteiger partial charge in [-0.1, -0.05) is 97.1 Å². The van der Waals surface area contributed by atoms with E-state index in [9.17, 15) is 0 Å². The molecule has 1 unspecified atom stereocenters. The van der Waals surface area contributed by atoms with Crippen molar-refractivity contribution in [2.45, 2.75) is 12.0 Å². The molecule has 0 fully saturated rings. The molecule has 5 aromatic carbocycles. The van der Waals surface area contributed by atoms with Gasteiger partial charge in [-0.3, -0.25) is 0 Å². The van der Waals surface area contributed by atoms with Gasteiger partial charge in [0.2, 0.25) is 0 Å². The van der Waals surface area contributed by atoms with Crippen molar-refractivity contribution in [1.29, 1.82) is 0 Å². The molecule has 6 aromatic rings. The number of rotatable bonds is 2. The first kappa shape index (κ1) is 20.5. The highest BCUT2D eigenvalue weighted by Gasteiger charge is 2.53. The zero-order valence-electron chi connectivity index (χ0n) is 20.4. The van der Waals surface area contributed by atoms with E-state index in [1.807, 2.05) is 11.3 Å². The maximum atomic E-state index is 2.44. The highest BCUT2D eigenvalue weighted by atomic mass is 32.1. The predicted molar refractivity (Wildman–Crippen MR) is 153 cm³/mol. The fourth-order valence-corrected chi connectivity index (χ4v) is 8.29. The van der Waals surface area contributed by atoms with Crippen LogP contribution in [0.4, 0.5) is 0 Å². The summed E-state index contributed by atoms with van der Waals surface area (Å²) < 4.78 is 2.77. The second-order valence-electron chi connectivity index (χ2n) is 10.4. The van der Waals surface area contributed by atoms with Gasteiger partial charge in [0.25, 0.3) is 0 Å². The third-order valence-corrected chi connectivity index (χ3v) is 9.39. The molecular formula is C34H25NS. The van der Waals surface area contributed by atoms with Crippen LogP contribution in [0.25, 0.3) is 42.4 Å². The summed E-state index contributed by atoms with van der Waals surface area (Å²) in [6, 6.07) is 38.9. The Labute approximate surface area is 215 Å². The van der Waals surface area contributed by atoms with Crippen LogP contribution in [0.5, 0.6) is 0 Å². The van der Waals surface area contributed by atoms with Gasteiger partial charge in [0.15, 0.2) is 0 Å². The molecule has 0 saturated carbocycles. The molecular weight excluding hydrogens is 454 g/mol.